The van der Waals surface area contributed by atoms with Crippen LogP contribution in [-0.2, 0) is 20.8 Å². The van der Waals surface area contributed by atoms with Gasteiger partial charge in [-0.15, -0.1) is 0 Å². The van der Waals surface area contributed by atoms with Gasteiger partial charge in [-0.2, -0.15) is 13.2 Å². The first-order valence-corrected chi connectivity index (χ1v) is 15.8. The van der Waals surface area contributed by atoms with Gasteiger partial charge in [0.2, 0.25) is 0 Å². The summed E-state index contributed by atoms with van der Waals surface area (Å²) in [6, 6.07) is 11.0. The van der Waals surface area contributed by atoms with Crippen LogP contribution in [0.15, 0.2) is 66.5 Å². The maximum absolute atomic E-state index is 14.7. The molecule has 1 unspecified atom stereocenters. The molecule has 0 radical (unpaired) electrons. The number of nitrogens with zero attached hydrogens (tertiary/aromatic N) is 2. The molecule has 14 heteroatoms. The second-order valence-corrected chi connectivity index (χ2v) is 13.4. The first-order chi connectivity index (χ1) is 20.7. The quantitative estimate of drug-likeness (QED) is 0.303. The van der Waals surface area contributed by atoms with Gasteiger partial charge in [-0.25, -0.2) is 17.8 Å². The van der Waals surface area contributed by atoms with Gasteiger partial charge in [0.1, 0.15) is 21.5 Å². The Bertz CT molecular complexity index is 1730. The first kappa shape index (κ1) is 31.5. The number of anilines is 2. The van der Waals surface area contributed by atoms with Gasteiger partial charge < -0.3 is 15.5 Å². The molecule has 1 aromatic heterocycles. The van der Waals surface area contributed by atoms with Gasteiger partial charge >= 0.3 is 6.18 Å². The summed E-state index contributed by atoms with van der Waals surface area (Å²) in [5.41, 5.74) is -0.879. The van der Waals surface area contributed by atoms with E-state index in [4.69, 9.17) is 11.6 Å². The maximum atomic E-state index is 14.7. The minimum atomic E-state index is -4.93. The number of nitrogens with one attached hydrogen (secondary N) is 2. The SMILES string of the molecule is CC1C(Nc2ncccc2C(=O)Nc2ccc(Cl)cc2)=C(c2ccc(C(F)(F)F)c(F)c2)C(=O)N1CC1CCS(=O)(=O)CC1. The standard InChI is InChI=1S/C30H27ClF4N4O4S/c1-17-26(38-27-22(3-2-12-36-27)28(40)37-21-7-5-20(31)6-8-21)25(19-4-9-23(24(32)15-19)30(33,34)35)29(41)39(17)16-18-10-13-44(42,43)14-11-18/h2-9,12,15,17-18H,10-11,13-14,16H2,1H3,(H,36,38)(H,37,40). The maximum Gasteiger partial charge on any atom is 0.419 e. The summed E-state index contributed by atoms with van der Waals surface area (Å²) in [7, 11) is -3.15. The molecule has 3 aromatic rings. The van der Waals surface area contributed by atoms with Gasteiger partial charge in [0.05, 0.1) is 39.9 Å². The Hall–Kier alpha value is -3.97. The molecule has 2 aliphatic heterocycles. The van der Waals surface area contributed by atoms with Crippen LogP contribution in [0, 0.1) is 11.7 Å². The number of benzene rings is 2. The summed E-state index contributed by atoms with van der Waals surface area (Å²) in [5.74, 6) is -2.75. The molecule has 0 aliphatic carbocycles. The zero-order chi connectivity index (χ0) is 31.8. The summed E-state index contributed by atoms with van der Waals surface area (Å²) >= 11 is 5.93. The van der Waals surface area contributed by atoms with Crippen molar-refractivity contribution in [2.24, 2.45) is 5.92 Å². The van der Waals surface area contributed by atoms with Gasteiger partial charge in [0.25, 0.3) is 11.8 Å². The molecule has 1 saturated heterocycles. The molecule has 2 aromatic carbocycles. The van der Waals surface area contributed by atoms with Crippen LogP contribution in [0.1, 0.15) is 41.3 Å². The van der Waals surface area contributed by atoms with Crippen molar-refractivity contribution in [2.45, 2.75) is 32.0 Å². The third kappa shape index (κ3) is 6.73. The van der Waals surface area contributed by atoms with Crippen LogP contribution in [0.4, 0.5) is 29.1 Å². The Morgan fingerprint density at radius 3 is 2.41 bits per heavy atom. The van der Waals surface area contributed by atoms with E-state index in [1.54, 1.807) is 31.2 Å². The molecule has 0 saturated carbocycles. The lowest BCUT2D eigenvalue weighted by Gasteiger charge is -2.30. The van der Waals surface area contributed by atoms with Crippen LogP contribution in [0.25, 0.3) is 5.57 Å². The average molecular weight is 651 g/mol. The van der Waals surface area contributed by atoms with Crippen LogP contribution in [0.2, 0.25) is 5.02 Å². The molecule has 44 heavy (non-hydrogen) atoms. The van der Waals surface area contributed by atoms with Crippen molar-refractivity contribution in [2.75, 3.05) is 28.7 Å². The zero-order valence-corrected chi connectivity index (χ0v) is 24.9. The zero-order valence-electron chi connectivity index (χ0n) is 23.3. The van der Waals surface area contributed by atoms with Crippen molar-refractivity contribution in [1.82, 2.24) is 9.88 Å². The van der Waals surface area contributed by atoms with E-state index in [9.17, 15) is 35.6 Å². The van der Waals surface area contributed by atoms with Gasteiger partial charge in [0.15, 0.2) is 0 Å². The van der Waals surface area contributed by atoms with Crippen LogP contribution in [0.5, 0.6) is 0 Å². The lowest BCUT2D eigenvalue weighted by molar-refractivity contribution is -0.140. The molecule has 2 N–H and O–H groups in total. The minimum absolute atomic E-state index is 0.0103. The fourth-order valence-electron chi connectivity index (χ4n) is 5.33. The smallest absolute Gasteiger partial charge is 0.341 e. The number of rotatable bonds is 7. The van der Waals surface area contributed by atoms with Crippen molar-refractivity contribution in [1.29, 1.82) is 0 Å². The number of alkyl halides is 3. The van der Waals surface area contributed by atoms with Gasteiger partial charge in [0, 0.05) is 23.5 Å². The highest BCUT2D eigenvalue weighted by molar-refractivity contribution is 7.91. The fourth-order valence-corrected chi connectivity index (χ4v) is 7.05. The molecular weight excluding hydrogens is 624 g/mol. The molecule has 3 heterocycles. The van der Waals surface area contributed by atoms with Crippen molar-refractivity contribution < 1.29 is 35.6 Å². The highest BCUT2D eigenvalue weighted by Gasteiger charge is 2.41. The van der Waals surface area contributed by atoms with Crippen LogP contribution < -0.4 is 10.6 Å². The monoisotopic (exact) mass is 650 g/mol. The molecule has 1 fully saturated rings. The van der Waals surface area contributed by atoms with E-state index in [0.717, 1.165) is 6.07 Å². The first-order valence-electron chi connectivity index (χ1n) is 13.6. The van der Waals surface area contributed by atoms with E-state index in [2.05, 4.69) is 15.6 Å². The van der Waals surface area contributed by atoms with Gasteiger partial charge in [-0.3, -0.25) is 9.59 Å². The summed E-state index contributed by atoms with van der Waals surface area (Å²) in [4.78, 5) is 32.8. The lowest BCUT2D eigenvalue weighted by Crippen LogP contribution is -2.40. The number of halogens is 5. The van der Waals surface area contributed by atoms with E-state index in [0.29, 0.717) is 35.7 Å². The van der Waals surface area contributed by atoms with Gasteiger partial charge in [-0.05, 0) is 79.8 Å². The van der Waals surface area contributed by atoms with Crippen LogP contribution in [-0.4, -0.2) is 54.2 Å². The van der Waals surface area contributed by atoms with Crippen molar-refractivity contribution >= 4 is 50.3 Å². The number of carbonyl (C=O) groups is 2. The number of carbonyl (C=O) groups excluding carboxylic acids is 2. The Kier molecular flexibility index (Phi) is 8.72. The molecule has 1 atom stereocenters. The fraction of sp³-hybridized carbons (Fsp3) is 0.300. The Labute approximate surface area is 256 Å². The molecule has 0 bridgehead atoms. The third-order valence-electron chi connectivity index (χ3n) is 7.73. The van der Waals surface area contributed by atoms with Crippen LogP contribution >= 0.6 is 11.6 Å². The minimum Gasteiger partial charge on any atom is -0.341 e. The van der Waals surface area contributed by atoms with E-state index >= 15 is 0 Å². The highest BCUT2D eigenvalue weighted by atomic mass is 35.5. The number of amides is 2. The predicted octanol–water partition coefficient (Wildman–Crippen LogP) is 6.02. The van der Waals surface area contributed by atoms with Crippen molar-refractivity contribution in [3.8, 4) is 0 Å². The normalized spacial score (nSPS) is 18.9. The summed E-state index contributed by atoms with van der Waals surface area (Å²) < 4.78 is 78.5. The second kappa shape index (κ2) is 12.2. The number of pyridine rings is 1. The van der Waals surface area contributed by atoms with E-state index in [1.165, 1.54) is 23.2 Å². The topological polar surface area (TPSA) is 108 Å². The highest BCUT2D eigenvalue weighted by Crippen LogP contribution is 2.38. The number of hydrogen-bond acceptors (Lipinski definition) is 6. The molecular formula is C30H27ClF4N4O4S. The predicted molar refractivity (Wildman–Crippen MR) is 158 cm³/mol. The molecule has 0 spiro atoms. The van der Waals surface area contributed by atoms with Crippen LogP contribution in [0.3, 0.4) is 0 Å². The number of hydrogen-bond donors (Lipinski definition) is 2. The average Bonchev–Trinajstić information content (AvgIpc) is 3.18. The van der Waals surface area contributed by atoms with E-state index in [-0.39, 0.29) is 52.2 Å². The van der Waals surface area contributed by atoms with Gasteiger partial charge in [-0.1, -0.05) is 17.7 Å². The van der Waals surface area contributed by atoms with Crippen molar-refractivity contribution in [3.05, 3.63) is 94.0 Å². The molecule has 2 aliphatic rings. The molecule has 232 valence electrons. The molecule has 5 rings (SSSR count). The Balaban J connectivity index is 1.51. The second-order valence-electron chi connectivity index (χ2n) is 10.7. The molecule has 2 amide bonds. The summed E-state index contributed by atoms with van der Waals surface area (Å²) in [5, 5.41) is 6.25. The van der Waals surface area contributed by atoms with E-state index in [1.807, 2.05) is 0 Å². The number of sulfone groups is 1. The molecule has 8 nitrogen and oxygen atoms in total. The lowest BCUT2D eigenvalue weighted by atomic mass is 10.0. The van der Waals surface area contributed by atoms with Crippen molar-refractivity contribution in [3.63, 3.8) is 0 Å². The Morgan fingerprint density at radius 2 is 1.77 bits per heavy atom. The Morgan fingerprint density at radius 1 is 1.09 bits per heavy atom. The summed E-state index contributed by atoms with van der Waals surface area (Å²) in [6.07, 6.45) is -2.82. The largest absolute Gasteiger partial charge is 0.419 e. The summed E-state index contributed by atoms with van der Waals surface area (Å²) in [6.45, 7) is 1.86. The van der Waals surface area contributed by atoms with E-state index < -0.39 is 45.3 Å². The third-order valence-corrected chi connectivity index (χ3v) is 9.70. The number of aromatic nitrogens is 1.